The first kappa shape index (κ1) is 30.0. The van der Waals surface area contributed by atoms with Crippen LogP contribution in [-0.2, 0) is 31.8 Å². The molecule has 0 spiro atoms. The molecule has 6 rings (SSSR count). The molecule has 0 aromatic heterocycles. The molecule has 0 heterocycles. The summed E-state index contributed by atoms with van der Waals surface area (Å²) in [5.41, 5.74) is 6.75. The van der Waals surface area contributed by atoms with Crippen LogP contribution in [0.3, 0.4) is 0 Å². The zero-order valence-electron chi connectivity index (χ0n) is 23.8. The maximum Gasteiger partial charge on any atom is 0.294 e. The first-order valence-corrected chi connectivity index (χ1v) is 19.8. The first-order chi connectivity index (χ1) is 20.1. The van der Waals surface area contributed by atoms with Crippen molar-refractivity contribution in [2.75, 3.05) is 0 Å². The summed E-state index contributed by atoms with van der Waals surface area (Å²) in [7, 11) is -9.85. The number of benzene rings is 3. The Hall–Kier alpha value is -2.09. The third-order valence-electron chi connectivity index (χ3n) is 10.0. The van der Waals surface area contributed by atoms with E-state index in [1.165, 1.54) is 88.0 Å². The van der Waals surface area contributed by atoms with Crippen molar-refractivity contribution in [2.45, 2.75) is 103 Å². The molecule has 1 atom stereocenters. The predicted molar refractivity (Wildman–Crippen MR) is 169 cm³/mol. The van der Waals surface area contributed by atoms with E-state index in [1.807, 2.05) is 6.07 Å². The summed E-state index contributed by atoms with van der Waals surface area (Å²) in [4.78, 5) is -0.172. The molecular formula is C33H40O6PS2+. The lowest BCUT2D eigenvalue weighted by Crippen LogP contribution is -2.35. The lowest BCUT2D eigenvalue weighted by molar-refractivity contribution is 0.470. The second kappa shape index (κ2) is 11.8. The van der Waals surface area contributed by atoms with E-state index >= 15 is 0 Å². The monoisotopic (exact) mass is 627 g/mol. The molecule has 2 N–H and O–H groups in total. The summed E-state index contributed by atoms with van der Waals surface area (Å²) in [6, 6.07) is 20.2. The van der Waals surface area contributed by atoms with Gasteiger partial charge in [-0.3, -0.25) is 9.11 Å². The highest BCUT2D eigenvalue weighted by Crippen LogP contribution is 2.74. The van der Waals surface area contributed by atoms with Crippen molar-refractivity contribution in [1.29, 1.82) is 0 Å². The van der Waals surface area contributed by atoms with Crippen LogP contribution in [0.25, 0.3) is 11.1 Å². The molecule has 0 aliphatic heterocycles. The Labute approximate surface area is 251 Å². The van der Waals surface area contributed by atoms with Crippen molar-refractivity contribution in [3.63, 3.8) is 0 Å². The van der Waals surface area contributed by atoms with Crippen LogP contribution in [-0.4, -0.2) is 37.3 Å². The van der Waals surface area contributed by atoms with Gasteiger partial charge >= 0.3 is 0 Å². The predicted octanol–water partition coefficient (Wildman–Crippen LogP) is 7.92. The number of hydrogen-bond acceptors (Lipinski definition) is 4. The largest absolute Gasteiger partial charge is 0.294 e. The maximum absolute atomic E-state index is 12.5. The lowest BCUT2D eigenvalue weighted by Gasteiger charge is -2.44. The molecule has 0 radical (unpaired) electrons. The van der Waals surface area contributed by atoms with Gasteiger partial charge in [0.15, 0.2) is 0 Å². The Kier molecular flexibility index (Phi) is 8.40. The Morgan fingerprint density at radius 1 is 0.643 bits per heavy atom. The Morgan fingerprint density at radius 3 is 1.74 bits per heavy atom. The third kappa shape index (κ3) is 5.61. The summed E-state index contributed by atoms with van der Waals surface area (Å²) in [5, 5.41) is -0.358. The molecule has 3 aliphatic carbocycles. The highest BCUT2D eigenvalue weighted by molar-refractivity contribution is 7.86. The minimum Gasteiger partial charge on any atom is -0.282 e. The molecule has 6 nitrogen and oxygen atoms in total. The van der Waals surface area contributed by atoms with E-state index in [-0.39, 0.29) is 14.9 Å². The number of aryl methyl sites for hydroxylation is 1. The number of rotatable bonds is 8. The number of fused-ring (bicyclic) bond motifs is 3. The molecule has 0 bridgehead atoms. The molecule has 0 amide bonds. The maximum atomic E-state index is 12.5. The fraction of sp³-hybridized carbons (Fsp3) is 0.455. The van der Waals surface area contributed by atoms with Crippen LogP contribution in [0.15, 0.2) is 76.5 Å². The summed E-state index contributed by atoms with van der Waals surface area (Å²) >= 11 is 0. The second-order valence-corrected chi connectivity index (χ2v) is 18.6. The molecule has 3 aliphatic rings. The molecule has 1 unspecified atom stereocenters. The minimum absolute atomic E-state index is 0.0513. The fourth-order valence-corrected chi connectivity index (χ4v) is 14.8. The topological polar surface area (TPSA) is 109 Å². The second-order valence-electron chi connectivity index (χ2n) is 12.4. The van der Waals surface area contributed by atoms with Crippen molar-refractivity contribution in [2.24, 2.45) is 0 Å². The van der Waals surface area contributed by atoms with Crippen LogP contribution in [0.4, 0.5) is 0 Å². The van der Waals surface area contributed by atoms with Gasteiger partial charge in [0, 0.05) is 19.0 Å². The highest BCUT2D eigenvalue weighted by Gasteiger charge is 2.59. The SMILES string of the molecule is O=S(=O)(O)c1ccc(CCC2([PH+](C3CCCCC3)C3CCCCC3)c3ccccc3-c3ccc(S(=O)(=O)O)cc32)cc1. The van der Waals surface area contributed by atoms with E-state index in [9.17, 15) is 25.9 Å². The Bertz CT molecular complexity index is 1640. The van der Waals surface area contributed by atoms with Gasteiger partial charge < -0.3 is 0 Å². The quantitative estimate of drug-likeness (QED) is 0.194. The van der Waals surface area contributed by atoms with Gasteiger partial charge in [0.25, 0.3) is 20.2 Å². The summed E-state index contributed by atoms with van der Waals surface area (Å²) in [6.45, 7) is 0. The molecule has 3 aromatic carbocycles. The average Bonchev–Trinajstić information content (AvgIpc) is 3.26. The van der Waals surface area contributed by atoms with Crippen molar-refractivity contribution in [1.82, 2.24) is 0 Å². The Morgan fingerprint density at radius 2 is 1.17 bits per heavy atom. The van der Waals surface area contributed by atoms with E-state index < -0.39 is 28.2 Å². The van der Waals surface area contributed by atoms with Gasteiger partial charge in [-0.15, -0.1) is 0 Å². The number of hydrogen-bond donors (Lipinski definition) is 2. The molecular weight excluding hydrogens is 587 g/mol. The van der Waals surface area contributed by atoms with Crippen LogP contribution in [0.5, 0.6) is 0 Å². The zero-order valence-corrected chi connectivity index (χ0v) is 26.5. The van der Waals surface area contributed by atoms with Gasteiger partial charge in [-0.2, -0.15) is 16.8 Å². The van der Waals surface area contributed by atoms with Crippen LogP contribution >= 0.6 is 7.92 Å². The third-order valence-corrected chi connectivity index (χ3v) is 16.4. The molecule has 9 heteroatoms. The molecule has 0 saturated heterocycles. The highest BCUT2D eigenvalue weighted by atomic mass is 32.2. The molecule has 2 fully saturated rings. The van der Waals surface area contributed by atoms with E-state index in [2.05, 4.69) is 24.3 Å². The molecule has 224 valence electrons. The van der Waals surface area contributed by atoms with E-state index in [1.54, 1.807) is 18.2 Å². The van der Waals surface area contributed by atoms with Gasteiger partial charge in [0.05, 0.1) is 21.1 Å². The van der Waals surface area contributed by atoms with Crippen molar-refractivity contribution in [3.05, 3.63) is 83.4 Å². The fourth-order valence-electron chi connectivity index (χ4n) is 8.25. The van der Waals surface area contributed by atoms with Gasteiger partial charge in [-0.1, -0.05) is 55.3 Å². The normalized spacial score (nSPS) is 21.8. The van der Waals surface area contributed by atoms with Gasteiger partial charge in [0.2, 0.25) is 0 Å². The summed E-state index contributed by atoms with van der Waals surface area (Å²) in [6.07, 6.45) is 13.8. The zero-order chi connectivity index (χ0) is 29.5. The molecule has 2 saturated carbocycles. The molecule has 3 aromatic rings. The van der Waals surface area contributed by atoms with Crippen LogP contribution in [0.2, 0.25) is 0 Å². The lowest BCUT2D eigenvalue weighted by atomic mass is 9.89. The van der Waals surface area contributed by atoms with Crippen LogP contribution < -0.4 is 0 Å². The van der Waals surface area contributed by atoms with Crippen LogP contribution in [0, 0.1) is 0 Å². The Balaban J connectivity index is 1.56. The summed E-state index contributed by atoms with van der Waals surface area (Å²) in [5.74, 6) is 0. The van der Waals surface area contributed by atoms with Crippen molar-refractivity contribution < 1.29 is 25.9 Å². The van der Waals surface area contributed by atoms with Gasteiger partial charge in [-0.05, 0) is 105 Å². The van der Waals surface area contributed by atoms with Crippen molar-refractivity contribution >= 4 is 28.2 Å². The van der Waals surface area contributed by atoms with Gasteiger partial charge in [0.1, 0.15) is 5.16 Å². The van der Waals surface area contributed by atoms with Crippen LogP contribution in [0.1, 0.15) is 87.3 Å². The van der Waals surface area contributed by atoms with E-state index in [0.29, 0.717) is 17.7 Å². The van der Waals surface area contributed by atoms with E-state index in [4.69, 9.17) is 0 Å². The van der Waals surface area contributed by atoms with Gasteiger partial charge in [-0.25, -0.2) is 0 Å². The van der Waals surface area contributed by atoms with E-state index in [0.717, 1.165) is 28.7 Å². The summed E-state index contributed by atoms with van der Waals surface area (Å²) < 4.78 is 68.0. The smallest absolute Gasteiger partial charge is 0.282 e. The molecule has 42 heavy (non-hydrogen) atoms. The first-order valence-electron chi connectivity index (χ1n) is 15.2. The average molecular weight is 628 g/mol. The standard InChI is InChI=1S/C33H39O6PS2/c34-41(35,36)27-17-15-24(16-18-27)21-22-33(40(25-9-3-1-4-10-25)26-11-5-2-6-12-26)31-14-8-7-13-29(31)30-20-19-28(23-32(30)33)42(37,38)39/h7-8,13-20,23,25-26H,1-6,9-12,21-22H2,(H,34,35,36)(H,37,38,39)/p+1. The van der Waals surface area contributed by atoms with Crippen molar-refractivity contribution in [3.8, 4) is 11.1 Å². The minimum atomic E-state index is -4.39.